The topological polar surface area (TPSA) is 71.5 Å². The predicted molar refractivity (Wildman–Crippen MR) is 97.5 cm³/mol. The molecule has 8 heteroatoms. The maximum Gasteiger partial charge on any atom is 0.241 e. The Morgan fingerprint density at radius 2 is 2.04 bits per heavy atom. The molecular formula is C17H20ClN3O3S. The van der Waals surface area contributed by atoms with E-state index in [1.165, 1.54) is 0 Å². The maximum absolute atomic E-state index is 12.6. The number of morpholine rings is 1. The highest BCUT2D eigenvalue weighted by Gasteiger charge is 2.18. The van der Waals surface area contributed by atoms with E-state index >= 15 is 0 Å². The molecule has 0 bridgehead atoms. The van der Waals surface area contributed by atoms with Gasteiger partial charge in [0.1, 0.15) is 5.82 Å². The second kappa shape index (κ2) is 7.70. The Balaban J connectivity index is 1.73. The van der Waals surface area contributed by atoms with E-state index in [0.29, 0.717) is 23.8 Å². The first kappa shape index (κ1) is 18.1. The number of aromatic nitrogens is 1. The molecule has 6 nitrogen and oxygen atoms in total. The second-order valence-corrected chi connectivity index (χ2v) is 7.95. The zero-order valence-electron chi connectivity index (χ0n) is 13.9. The highest BCUT2D eigenvalue weighted by molar-refractivity contribution is 7.89. The van der Waals surface area contributed by atoms with Crippen LogP contribution < -0.4 is 9.62 Å². The van der Waals surface area contributed by atoms with Crippen LogP contribution >= 0.6 is 11.6 Å². The number of sulfonamides is 1. The first-order valence-electron chi connectivity index (χ1n) is 8.00. The number of benzene rings is 1. The van der Waals surface area contributed by atoms with Crippen molar-refractivity contribution < 1.29 is 13.2 Å². The third kappa shape index (κ3) is 4.30. The van der Waals surface area contributed by atoms with Crippen molar-refractivity contribution in [3.63, 3.8) is 0 Å². The molecule has 1 aliphatic rings. The van der Waals surface area contributed by atoms with E-state index in [0.717, 1.165) is 24.5 Å². The quantitative estimate of drug-likeness (QED) is 0.860. The molecule has 1 aliphatic heterocycles. The zero-order valence-corrected chi connectivity index (χ0v) is 15.5. The molecular weight excluding hydrogens is 362 g/mol. The number of ether oxygens (including phenoxy) is 1. The summed E-state index contributed by atoms with van der Waals surface area (Å²) in [6.45, 7) is 4.79. The monoisotopic (exact) mass is 381 g/mol. The number of hydrogen-bond acceptors (Lipinski definition) is 5. The fourth-order valence-corrected chi connectivity index (χ4v) is 4.18. The molecule has 0 spiro atoms. The van der Waals surface area contributed by atoms with Crippen molar-refractivity contribution in [3.8, 4) is 0 Å². The SMILES string of the molecule is Cc1c(Cl)cccc1S(=O)(=O)NCc1ccnc(N2CCOCC2)c1. The molecule has 0 saturated carbocycles. The molecule has 1 aromatic heterocycles. The number of rotatable bonds is 5. The van der Waals surface area contributed by atoms with Crippen LogP contribution in [0.25, 0.3) is 0 Å². The molecule has 0 atom stereocenters. The summed E-state index contributed by atoms with van der Waals surface area (Å²) >= 11 is 6.03. The second-order valence-electron chi connectivity index (χ2n) is 5.81. The van der Waals surface area contributed by atoms with Crippen LogP contribution in [0.3, 0.4) is 0 Å². The van der Waals surface area contributed by atoms with Gasteiger partial charge in [-0.2, -0.15) is 0 Å². The van der Waals surface area contributed by atoms with Gasteiger partial charge in [0.2, 0.25) is 10.0 Å². The summed E-state index contributed by atoms with van der Waals surface area (Å²) in [6.07, 6.45) is 1.69. The van der Waals surface area contributed by atoms with Gasteiger partial charge in [0.25, 0.3) is 0 Å². The summed E-state index contributed by atoms with van der Waals surface area (Å²) < 4.78 is 33.1. The molecule has 1 aromatic carbocycles. The third-order valence-corrected chi connectivity index (χ3v) is 6.07. The number of halogens is 1. The molecule has 1 fully saturated rings. The fourth-order valence-electron chi connectivity index (χ4n) is 2.67. The molecule has 134 valence electrons. The van der Waals surface area contributed by atoms with Crippen LogP contribution in [0.15, 0.2) is 41.4 Å². The van der Waals surface area contributed by atoms with Gasteiger partial charge in [0, 0.05) is 30.9 Å². The molecule has 0 radical (unpaired) electrons. The van der Waals surface area contributed by atoms with E-state index in [4.69, 9.17) is 16.3 Å². The van der Waals surface area contributed by atoms with Crippen LogP contribution in [-0.4, -0.2) is 39.7 Å². The minimum atomic E-state index is -3.64. The molecule has 2 heterocycles. The molecule has 1 N–H and O–H groups in total. The van der Waals surface area contributed by atoms with Gasteiger partial charge in [0.15, 0.2) is 0 Å². The van der Waals surface area contributed by atoms with Crippen molar-refractivity contribution in [2.75, 3.05) is 31.2 Å². The lowest BCUT2D eigenvalue weighted by atomic mass is 10.2. The van der Waals surface area contributed by atoms with E-state index < -0.39 is 10.0 Å². The molecule has 0 unspecified atom stereocenters. The highest BCUT2D eigenvalue weighted by atomic mass is 35.5. The molecule has 2 aromatic rings. The van der Waals surface area contributed by atoms with Gasteiger partial charge < -0.3 is 9.64 Å². The molecule has 3 rings (SSSR count). The summed E-state index contributed by atoms with van der Waals surface area (Å²) in [4.78, 5) is 6.69. The van der Waals surface area contributed by atoms with Gasteiger partial charge in [-0.3, -0.25) is 0 Å². The van der Waals surface area contributed by atoms with Crippen LogP contribution in [0.4, 0.5) is 5.82 Å². The molecule has 25 heavy (non-hydrogen) atoms. The Labute approximate surface area is 152 Å². The average Bonchev–Trinajstić information content (AvgIpc) is 2.63. The minimum Gasteiger partial charge on any atom is -0.378 e. The van der Waals surface area contributed by atoms with Gasteiger partial charge in [0.05, 0.1) is 18.1 Å². The summed E-state index contributed by atoms with van der Waals surface area (Å²) in [6, 6.07) is 8.56. The van der Waals surface area contributed by atoms with Gasteiger partial charge in [-0.05, 0) is 42.3 Å². The van der Waals surface area contributed by atoms with Gasteiger partial charge in [-0.1, -0.05) is 17.7 Å². The fraction of sp³-hybridized carbons (Fsp3) is 0.353. The Morgan fingerprint density at radius 1 is 1.28 bits per heavy atom. The number of nitrogens with zero attached hydrogens (tertiary/aromatic N) is 2. The smallest absolute Gasteiger partial charge is 0.241 e. The lowest BCUT2D eigenvalue weighted by Crippen LogP contribution is -2.36. The number of hydrogen-bond donors (Lipinski definition) is 1. The number of pyridine rings is 1. The van der Waals surface area contributed by atoms with Crippen LogP contribution in [0.5, 0.6) is 0 Å². The van der Waals surface area contributed by atoms with Crippen LogP contribution in [0, 0.1) is 6.92 Å². The van der Waals surface area contributed by atoms with Crippen molar-refractivity contribution in [1.82, 2.24) is 9.71 Å². The predicted octanol–water partition coefficient (Wildman–Crippen LogP) is 2.36. The van der Waals surface area contributed by atoms with E-state index in [1.807, 2.05) is 6.07 Å². The van der Waals surface area contributed by atoms with Crippen molar-refractivity contribution in [2.24, 2.45) is 0 Å². The Hall–Kier alpha value is -1.67. The molecule has 1 saturated heterocycles. The van der Waals surface area contributed by atoms with E-state index in [-0.39, 0.29) is 11.4 Å². The first-order valence-corrected chi connectivity index (χ1v) is 9.86. The third-order valence-electron chi connectivity index (χ3n) is 4.12. The van der Waals surface area contributed by atoms with Crippen molar-refractivity contribution >= 4 is 27.4 Å². The summed E-state index contributed by atoms with van der Waals surface area (Å²) in [7, 11) is -3.64. The molecule has 0 aliphatic carbocycles. The normalized spacial score (nSPS) is 15.4. The Morgan fingerprint density at radius 3 is 2.80 bits per heavy atom. The number of anilines is 1. The maximum atomic E-state index is 12.6. The lowest BCUT2D eigenvalue weighted by molar-refractivity contribution is 0.122. The van der Waals surface area contributed by atoms with E-state index in [1.54, 1.807) is 37.4 Å². The van der Waals surface area contributed by atoms with Crippen molar-refractivity contribution in [3.05, 3.63) is 52.7 Å². The van der Waals surface area contributed by atoms with Gasteiger partial charge in [-0.25, -0.2) is 18.1 Å². The summed E-state index contributed by atoms with van der Waals surface area (Å²) in [5.41, 5.74) is 1.39. The average molecular weight is 382 g/mol. The van der Waals surface area contributed by atoms with Crippen molar-refractivity contribution in [2.45, 2.75) is 18.4 Å². The zero-order chi connectivity index (χ0) is 17.9. The molecule has 0 amide bonds. The lowest BCUT2D eigenvalue weighted by Gasteiger charge is -2.28. The van der Waals surface area contributed by atoms with Gasteiger partial charge in [-0.15, -0.1) is 0 Å². The van der Waals surface area contributed by atoms with E-state index in [9.17, 15) is 8.42 Å². The van der Waals surface area contributed by atoms with Gasteiger partial charge >= 0.3 is 0 Å². The van der Waals surface area contributed by atoms with E-state index in [2.05, 4.69) is 14.6 Å². The minimum absolute atomic E-state index is 0.189. The first-order chi connectivity index (χ1) is 12.0. The van der Waals surface area contributed by atoms with Crippen molar-refractivity contribution in [1.29, 1.82) is 0 Å². The van der Waals surface area contributed by atoms with Crippen LogP contribution in [0.1, 0.15) is 11.1 Å². The summed E-state index contributed by atoms with van der Waals surface area (Å²) in [5.74, 6) is 0.832. The summed E-state index contributed by atoms with van der Waals surface area (Å²) in [5, 5.41) is 0.432. The van der Waals surface area contributed by atoms with Crippen LogP contribution in [-0.2, 0) is 21.3 Å². The Kier molecular flexibility index (Phi) is 5.58. The number of nitrogens with one attached hydrogen (secondary N) is 1. The standard InChI is InChI=1S/C17H20ClN3O3S/c1-13-15(18)3-2-4-16(13)25(22,23)20-12-14-5-6-19-17(11-14)21-7-9-24-10-8-21/h2-6,11,20H,7-10,12H2,1H3. The Bertz CT molecular complexity index is 852. The van der Waals surface area contributed by atoms with Crippen LogP contribution in [0.2, 0.25) is 5.02 Å². The largest absolute Gasteiger partial charge is 0.378 e. The highest BCUT2D eigenvalue weighted by Crippen LogP contribution is 2.23.